The van der Waals surface area contributed by atoms with Crippen LogP contribution in [0.1, 0.15) is 30.3 Å². The Hall–Kier alpha value is -1.85. The molecule has 3 N–H and O–H groups in total. The van der Waals surface area contributed by atoms with E-state index in [1.807, 2.05) is 29.8 Å². The maximum absolute atomic E-state index is 11.9. The summed E-state index contributed by atoms with van der Waals surface area (Å²) >= 11 is 0. The molecular weight excluding hydrogens is 312 g/mol. The minimum atomic E-state index is -0.163. The van der Waals surface area contributed by atoms with Crippen molar-refractivity contribution in [1.82, 2.24) is 15.1 Å². The van der Waals surface area contributed by atoms with Crippen molar-refractivity contribution < 1.29 is 4.79 Å². The Bertz CT molecular complexity index is 669. The van der Waals surface area contributed by atoms with Crippen molar-refractivity contribution in [1.29, 1.82) is 0 Å². The third kappa shape index (κ3) is 3.57. The molecule has 3 rings (SSSR count). The van der Waals surface area contributed by atoms with Gasteiger partial charge in [0.2, 0.25) is 5.91 Å². The Kier molecular flexibility index (Phi) is 5.80. The molecule has 5 nitrogen and oxygen atoms in total. The van der Waals surface area contributed by atoms with Gasteiger partial charge in [0, 0.05) is 18.2 Å². The number of carbonyl (C=O) groups is 1. The fourth-order valence-electron chi connectivity index (χ4n) is 2.89. The van der Waals surface area contributed by atoms with Crippen LogP contribution in [-0.2, 0) is 24.2 Å². The van der Waals surface area contributed by atoms with Crippen molar-refractivity contribution in [3.8, 4) is 5.69 Å². The fourth-order valence-corrected chi connectivity index (χ4v) is 2.89. The summed E-state index contributed by atoms with van der Waals surface area (Å²) in [5.41, 5.74) is 10.2. The van der Waals surface area contributed by atoms with Crippen LogP contribution in [0.5, 0.6) is 0 Å². The van der Waals surface area contributed by atoms with Crippen molar-refractivity contribution in [3.05, 3.63) is 47.3 Å². The normalized spacial score (nSPS) is 14.0. The summed E-state index contributed by atoms with van der Waals surface area (Å²) < 4.78 is 2.02. The third-order valence-corrected chi connectivity index (χ3v) is 4.25. The van der Waals surface area contributed by atoms with E-state index in [0.29, 0.717) is 13.1 Å². The van der Waals surface area contributed by atoms with Crippen molar-refractivity contribution in [2.45, 2.75) is 32.7 Å². The van der Waals surface area contributed by atoms with Crippen LogP contribution in [0, 0.1) is 5.92 Å². The minimum absolute atomic E-state index is 0. The highest BCUT2D eigenvalue weighted by atomic mass is 35.5. The van der Waals surface area contributed by atoms with E-state index >= 15 is 0 Å². The maximum Gasteiger partial charge on any atom is 0.224 e. The first-order valence-corrected chi connectivity index (χ1v) is 7.83. The first-order chi connectivity index (χ1) is 10.7. The van der Waals surface area contributed by atoms with Crippen LogP contribution in [0.3, 0.4) is 0 Å². The molecule has 23 heavy (non-hydrogen) atoms. The van der Waals surface area contributed by atoms with Gasteiger partial charge in [-0.1, -0.05) is 25.1 Å². The predicted octanol–water partition coefficient (Wildman–Crippen LogP) is 1.99. The molecule has 1 amide bonds. The van der Waals surface area contributed by atoms with Crippen LogP contribution in [0.2, 0.25) is 0 Å². The second-order valence-corrected chi connectivity index (χ2v) is 5.83. The molecule has 6 heteroatoms. The standard InChI is InChI=1S/C17H22N4O.ClH/c1-12(10-18)17(22)19-11-15-14-8-5-9-16(14)21(20-15)13-6-3-2-4-7-13;/h2-4,6-7,12H,5,8-11,18H2,1H3,(H,19,22);1H. The van der Waals surface area contributed by atoms with E-state index in [9.17, 15) is 4.79 Å². The van der Waals surface area contributed by atoms with Gasteiger partial charge in [0.15, 0.2) is 0 Å². The third-order valence-electron chi connectivity index (χ3n) is 4.25. The number of hydrogen-bond donors (Lipinski definition) is 2. The SMILES string of the molecule is CC(CN)C(=O)NCc1nn(-c2ccccc2)c2c1CCC2.Cl. The predicted molar refractivity (Wildman–Crippen MR) is 92.9 cm³/mol. The first-order valence-electron chi connectivity index (χ1n) is 7.83. The average Bonchev–Trinajstić information content (AvgIpc) is 3.15. The van der Waals surface area contributed by atoms with Crippen LogP contribution in [0.4, 0.5) is 0 Å². The molecule has 0 radical (unpaired) electrons. The van der Waals surface area contributed by atoms with Crippen LogP contribution in [0.25, 0.3) is 5.69 Å². The zero-order valence-corrected chi connectivity index (χ0v) is 14.1. The summed E-state index contributed by atoms with van der Waals surface area (Å²) in [6.45, 7) is 2.68. The van der Waals surface area contributed by atoms with Gasteiger partial charge in [-0.3, -0.25) is 4.79 Å². The highest BCUT2D eigenvalue weighted by Gasteiger charge is 2.23. The molecule has 1 aliphatic carbocycles. The van der Waals surface area contributed by atoms with E-state index in [1.165, 1.54) is 11.3 Å². The number of nitrogens with one attached hydrogen (secondary N) is 1. The maximum atomic E-state index is 11.9. The summed E-state index contributed by atoms with van der Waals surface area (Å²) in [5, 5.41) is 7.68. The minimum Gasteiger partial charge on any atom is -0.350 e. The summed E-state index contributed by atoms with van der Waals surface area (Å²) in [4.78, 5) is 11.9. The largest absolute Gasteiger partial charge is 0.350 e. The molecule has 1 heterocycles. The monoisotopic (exact) mass is 334 g/mol. The van der Waals surface area contributed by atoms with E-state index in [-0.39, 0.29) is 24.2 Å². The quantitative estimate of drug-likeness (QED) is 0.878. The Morgan fingerprint density at radius 1 is 1.35 bits per heavy atom. The van der Waals surface area contributed by atoms with E-state index in [4.69, 9.17) is 10.8 Å². The molecule has 0 aliphatic heterocycles. The topological polar surface area (TPSA) is 72.9 Å². The van der Waals surface area contributed by atoms with Crippen LogP contribution in [0.15, 0.2) is 30.3 Å². The van der Waals surface area contributed by atoms with E-state index < -0.39 is 0 Å². The van der Waals surface area contributed by atoms with Gasteiger partial charge in [-0.15, -0.1) is 12.4 Å². The Morgan fingerprint density at radius 3 is 2.78 bits per heavy atom. The number of hydrogen-bond acceptors (Lipinski definition) is 3. The second kappa shape index (κ2) is 7.62. The number of benzene rings is 1. The molecule has 1 atom stereocenters. The summed E-state index contributed by atoms with van der Waals surface area (Å²) in [6, 6.07) is 10.2. The lowest BCUT2D eigenvalue weighted by Gasteiger charge is -2.09. The van der Waals surface area contributed by atoms with E-state index in [2.05, 4.69) is 17.4 Å². The molecular formula is C17H23ClN4O. The van der Waals surface area contributed by atoms with Gasteiger partial charge in [-0.05, 0) is 37.0 Å². The number of carbonyl (C=O) groups excluding carboxylic acids is 1. The molecule has 1 unspecified atom stereocenters. The molecule has 0 saturated carbocycles. The molecule has 0 bridgehead atoms. The van der Waals surface area contributed by atoms with Crippen molar-refractivity contribution in [2.75, 3.05) is 6.54 Å². The van der Waals surface area contributed by atoms with Crippen molar-refractivity contribution in [3.63, 3.8) is 0 Å². The molecule has 124 valence electrons. The van der Waals surface area contributed by atoms with Crippen LogP contribution in [-0.4, -0.2) is 22.2 Å². The number of rotatable bonds is 5. The molecule has 1 aliphatic rings. The van der Waals surface area contributed by atoms with Gasteiger partial charge >= 0.3 is 0 Å². The summed E-state index contributed by atoms with van der Waals surface area (Å²) in [5.74, 6) is -0.173. The lowest BCUT2D eigenvalue weighted by molar-refractivity contribution is -0.124. The first kappa shape index (κ1) is 17.5. The summed E-state index contributed by atoms with van der Waals surface area (Å²) in [6.07, 6.45) is 3.24. The van der Waals surface area contributed by atoms with Gasteiger partial charge < -0.3 is 11.1 Å². The number of para-hydroxylation sites is 1. The number of aromatic nitrogens is 2. The smallest absolute Gasteiger partial charge is 0.224 e. The van der Waals surface area contributed by atoms with Crippen molar-refractivity contribution >= 4 is 18.3 Å². The van der Waals surface area contributed by atoms with Gasteiger partial charge in [-0.25, -0.2) is 4.68 Å². The average molecular weight is 335 g/mol. The Morgan fingerprint density at radius 2 is 2.09 bits per heavy atom. The zero-order valence-electron chi connectivity index (χ0n) is 13.3. The Balaban J connectivity index is 0.00000192. The highest BCUT2D eigenvalue weighted by Crippen LogP contribution is 2.27. The van der Waals surface area contributed by atoms with Crippen LogP contribution >= 0.6 is 12.4 Å². The molecule has 2 aromatic rings. The molecule has 0 spiro atoms. The lowest BCUT2D eigenvalue weighted by atomic mass is 10.1. The van der Waals surface area contributed by atoms with Gasteiger partial charge in [0.25, 0.3) is 0 Å². The number of fused-ring (bicyclic) bond motifs is 1. The fraction of sp³-hybridized carbons (Fsp3) is 0.412. The highest BCUT2D eigenvalue weighted by molar-refractivity contribution is 5.85. The number of amides is 1. The van der Waals surface area contributed by atoms with Gasteiger partial charge in [0.05, 0.1) is 17.9 Å². The van der Waals surface area contributed by atoms with E-state index in [0.717, 1.165) is 30.6 Å². The zero-order chi connectivity index (χ0) is 15.5. The molecule has 1 aromatic carbocycles. The van der Waals surface area contributed by atoms with Gasteiger partial charge in [0.1, 0.15) is 0 Å². The Labute approximate surface area is 142 Å². The van der Waals surface area contributed by atoms with Gasteiger partial charge in [-0.2, -0.15) is 5.10 Å². The molecule has 0 saturated heterocycles. The summed E-state index contributed by atoms with van der Waals surface area (Å²) in [7, 11) is 0. The van der Waals surface area contributed by atoms with Crippen molar-refractivity contribution in [2.24, 2.45) is 11.7 Å². The lowest BCUT2D eigenvalue weighted by Crippen LogP contribution is -2.33. The molecule has 1 aromatic heterocycles. The number of nitrogens with zero attached hydrogens (tertiary/aromatic N) is 2. The number of nitrogens with two attached hydrogens (primary N) is 1. The van der Waals surface area contributed by atoms with E-state index in [1.54, 1.807) is 0 Å². The second-order valence-electron chi connectivity index (χ2n) is 5.83. The molecule has 0 fully saturated rings. The number of halogens is 1. The van der Waals surface area contributed by atoms with Crippen LogP contribution < -0.4 is 11.1 Å².